The molecule has 0 aliphatic heterocycles. The first-order valence-electron chi connectivity index (χ1n) is 6.86. The van der Waals surface area contributed by atoms with Crippen LogP contribution in [0.5, 0.6) is 5.75 Å². The summed E-state index contributed by atoms with van der Waals surface area (Å²) in [5, 5.41) is 8.77. The van der Waals surface area contributed by atoms with Gasteiger partial charge in [-0.25, -0.2) is 12.8 Å². The molecule has 0 aliphatic carbocycles. The Balaban J connectivity index is 2.47. The van der Waals surface area contributed by atoms with Crippen molar-refractivity contribution in [3.05, 3.63) is 53.6 Å². The van der Waals surface area contributed by atoms with E-state index in [0.29, 0.717) is 0 Å². The van der Waals surface area contributed by atoms with E-state index in [2.05, 4.69) is 9.72 Å². The van der Waals surface area contributed by atoms with E-state index in [9.17, 15) is 26.0 Å². The predicted molar refractivity (Wildman–Crippen MR) is 81.0 cm³/mol. The van der Waals surface area contributed by atoms with Crippen molar-refractivity contribution in [2.45, 2.75) is 17.1 Å². The van der Waals surface area contributed by atoms with Gasteiger partial charge in [0.25, 0.3) is 0 Å². The number of methoxy groups -OCH3 is 1. The summed E-state index contributed by atoms with van der Waals surface area (Å²) in [5.74, 6) is -1.37. The molecule has 1 aromatic heterocycles. The quantitative estimate of drug-likeness (QED) is 0.794. The van der Waals surface area contributed by atoms with E-state index in [1.807, 2.05) is 0 Å². The molecule has 0 spiro atoms. The summed E-state index contributed by atoms with van der Waals surface area (Å²) in [6.07, 6.45) is -3.15. The largest absolute Gasteiger partial charge is 0.494 e. The average molecular weight is 389 g/mol. The second kappa shape index (κ2) is 7.27. The number of nitrogens with one attached hydrogen (secondary N) is 1. The zero-order valence-electron chi connectivity index (χ0n) is 13.1. The summed E-state index contributed by atoms with van der Waals surface area (Å²) in [7, 11) is -3.61. The number of halogens is 4. The van der Waals surface area contributed by atoms with Gasteiger partial charge in [0.1, 0.15) is 17.0 Å². The van der Waals surface area contributed by atoms with E-state index in [1.165, 1.54) is 4.72 Å². The normalized spacial score (nSPS) is 13.1. The molecule has 2 rings (SSSR count). The van der Waals surface area contributed by atoms with Crippen molar-refractivity contribution < 1.29 is 30.7 Å². The van der Waals surface area contributed by atoms with Crippen molar-refractivity contribution in [3.63, 3.8) is 0 Å². The van der Waals surface area contributed by atoms with E-state index < -0.39 is 44.3 Å². The first-order chi connectivity index (χ1) is 12.1. The summed E-state index contributed by atoms with van der Waals surface area (Å²) in [5.41, 5.74) is -0.705. The molecule has 1 atom stereocenters. The van der Waals surface area contributed by atoms with Crippen LogP contribution in [0.3, 0.4) is 0 Å². The van der Waals surface area contributed by atoms with E-state index in [0.717, 1.165) is 43.8 Å². The Hall–Kier alpha value is -2.71. The number of alkyl halides is 3. The molecule has 26 heavy (non-hydrogen) atoms. The van der Waals surface area contributed by atoms with Crippen molar-refractivity contribution in [1.82, 2.24) is 9.71 Å². The minimum absolute atomic E-state index is 0.139. The number of sulfonamides is 1. The standard InChI is InChI=1S/C15H11F4N3O3S/c1-25-13-5-10(2-3-12(13)16)14(15(17,18)19)22-26(23,24)11-4-9(6-20)7-21-8-11/h2-5,7-8,14,22H,1H3. The van der Waals surface area contributed by atoms with Crippen LogP contribution < -0.4 is 9.46 Å². The number of hydrogen-bond acceptors (Lipinski definition) is 5. The number of nitriles is 1. The third-order valence-electron chi connectivity index (χ3n) is 3.26. The van der Waals surface area contributed by atoms with Crippen LogP contribution in [0.15, 0.2) is 41.6 Å². The number of benzene rings is 1. The van der Waals surface area contributed by atoms with E-state index >= 15 is 0 Å². The third kappa shape index (κ3) is 4.27. The number of rotatable bonds is 5. The number of pyridine rings is 1. The molecular weight excluding hydrogens is 378 g/mol. The Labute approximate surface area is 146 Å². The van der Waals surface area contributed by atoms with Gasteiger partial charge in [0.2, 0.25) is 10.0 Å². The molecule has 6 nitrogen and oxygen atoms in total. The highest BCUT2D eigenvalue weighted by atomic mass is 32.2. The highest BCUT2D eigenvalue weighted by molar-refractivity contribution is 7.89. The summed E-state index contributed by atoms with van der Waals surface area (Å²) in [4.78, 5) is 2.90. The van der Waals surface area contributed by atoms with Gasteiger partial charge in [0.15, 0.2) is 11.6 Å². The smallest absolute Gasteiger partial charge is 0.408 e. The molecule has 0 saturated carbocycles. The van der Waals surface area contributed by atoms with Crippen LogP contribution in [0.2, 0.25) is 0 Å². The van der Waals surface area contributed by atoms with Crippen LogP contribution >= 0.6 is 0 Å². The molecule has 138 valence electrons. The topological polar surface area (TPSA) is 92.1 Å². The van der Waals surface area contributed by atoms with Gasteiger partial charge >= 0.3 is 6.18 Å². The summed E-state index contributed by atoms with van der Waals surface area (Å²) >= 11 is 0. The second-order valence-corrected chi connectivity index (χ2v) is 6.72. The van der Waals surface area contributed by atoms with Crippen LogP contribution in [0, 0.1) is 17.1 Å². The number of nitrogens with zero attached hydrogens (tertiary/aromatic N) is 2. The van der Waals surface area contributed by atoms with Crippen molar-refractivity contribution in [3.8, 4) is 11.8 Å². The molecule has 11 heteroatoms. The molecule has 0 saturated heterocycles. The van der Waals surface area contributed by atoms with Gasteiger partial charge in [-0.1, -0.05) is 6.07 Å². The molecule has 0 amide bonds. The van der Waals surface area contributed by atoms with E-state index in [4.69, 9.17) is 5.26 Å². The van der Waals surface area contributed by atoms with Gasteiger partial charge in [-0.2, -0.15) is 23.2 Å². The van der Waals surface area contributed by atoms with Crippen LogP contribution in [-0.2, 0) is 10.0 Å². The summed E-state index contributed by atoms with van der Waals surface area (Å²) in [6.45, 7) is 0. The van der Waals surface area contributed by atoms with Gasteiger partial charge in [-0.15, -0.1) is 0 Å². The first-order valence-corrected chi connectivity index (χ1v) is 8.34. The van der Waals surface area contributed by atoms with Crippen LogP contribution in [0.1, 0.15) is 17.2 Å². The van der Waals surface area contributed by atoms with Gasteiger partial charge < -0.3 is 4.74 Å². The minimum Gasteiger partial charge on any atom is -0.494 e. The zero-order valence-corrected chi connectivity index (χ0v) is 13.9. The lowest BCUT2D eigenvalue weighted by atomic mass is 10.1. The maximum atomic E-state index is 13.4. The lowest BCUT2D eigenvalue weighted by Crippen LogP contribution is -2.38. The maximum Gasteiger partial charge on any atom is 0.408 e. The predicted octanol–water partition coefficient (Wildman–Crippen LogP) is 2.68. The molecule has 0 aliphatic rings. The molecule has 2 aromatic rings. The average Bonchev–Trinajstić information content (AvgIpc) is 2.59. The summed E-state index contributed by atoms with van der Waals surface area (Å²) in [6, 6.07) is 2.14. The monoisotopic (exact) mass is 389 g/mol. The molecule has 0 radical (unpaired) electrons. The van der Waals surface area contributed by atoms with Crippen molar-refractivity contribution in [2.75, 3.05) is 7.11 Å². The lowest BCUT2D eigenvalue weighted by Gasteiger charge is -2.22. The second-order valence-electron chi connectivity index (χ2n) is 5.01. The Morgan fingerprint density at radius 3 is 2.54 bits per heavy atom. The van der Waals surface area contributed by atoms with Crippen LogP contribution in [0.25, 0.3) is 0 Å². The van der Waals surface area contributed by atoms with E-state index in [-0.39, 0.29) is 5.56 Å². The summed E-state index contributed by atoms with van der Waals surface area (Å²) < 4.78 is 84.4. The molecule has 1 unspecified atom stereocenters. The first kappa shape index (κ1) is 19.6. The SMILES string of the molecule is COc1cc(C(NS(=O)(=O)c2cncc(C#N)c2)C(F)(F)F)ccc1F. The fraction of sp³-hybridized carbons (Fsp3) is 0.200. The van der Waals surface area contributed by atoms with Crippen LogP contribution in [0.4, 0.5) is 17.6 Å². The lowest BCUT2D eigenvalue weighted by molar-refractivity contribution is -0.153. The molecular formula is C15H11F4N3O3S. The van der Waals surface area contributed by atoms with Gasteiger partial charge in [-0.3, -0.25) is 4.98 Å². The molecule has 0 fully saturated rings. The zero-order chi connectivity index (χ0) is 19.5. The maximum absolute atomic E-state index is 13.4. The Morgan fingerprint density at radius 2 is 1.96 bits per heavy atom. The van der Waals surface area contributed by atoms with E-state index in [1.54, 1.807) is 6.07 Å². The molecule has 1 aromatic carbocycles. The fourth-order valence-corrected chi connectivity index (χ4v) is 3.23. The molecule has 1 heterocycles. The van der Waals surface area contributed by atoms with Gasteiger partial charge in [0, 0.05) is 12.4 Å². The van der Waals surface area contributed by atoms with Gasteiger partial charge in [-0.05, 0) is 23.8 Å². The Morgan fingerprint density at radius 1 is 1.27 bits per heavy atom. The molecule has 1 N–H and O–H groups in total. The molecule has 0 bridgehead atoms. The Kier molecular flexibility index (Phi) is 5.48. The van der Waals surface area contributed by atoms with Crippen LogP contribution in [-0.4, -0.2) is 26.7 Å². The number of aromatic nitrogens is 1. The fourth-order valence-electron chi connectivity index (χ4n) is 2.03. The Bertz CT molecular complexity index is 955. The van der Waals surface area contributed by atoms with Crippen molar-refractivity contribution >= 4 is 10.0 Å². The highest BCUT2D eigenvalue weighted by Crippen LogP contribution is 2.35. The van der Waals surface area contributed by atoms with Crippen molar-refractivity contribution in [2.24, 2.45) is 0 Å². The number of ether oxygens (including phenoxy) is 1. The highest BCUT2D eigenvalue weighted by Gasteiger charge is 2.44. The van der Waals surface area contributed by atoms with Crippen molar-refractivity contribution in [1.29, 1.82) is 5.26 Å². The number of hydrogen-bond donors (Lipinski definition) is 1. The third-order valence-corrected chi connectivity index (χ3v) is 4.65. The minimum atomic E-state index is -5.02. The van der Waals surface area contributed by atoms with Gasteiger partial charge in [0.05, 0.1) is 12.7 Å².